The Kier molecular flexibility index (Phi) is 8.34. The van der Waals surface area contributed by atoms with E-state index in [-0.39, 0.29) is 24.9 Å². The largest absolute Gasteiger partial charge is 0.454 e. The van der Waals surface area contributed by atoms with Gasteiger partial charge in [-0.05, 0) is 29.2 Å². The number of alkyl carbamates (subject to hydrolysis) is 1. The summed E-state index contributed by atoms with van der Waals surface area (Å²) in [6.07, 6.45) is -0.816. The van der Waals surface area contributed by atoms with Gasteiger partial charge in [0.05, 0.1) is 13.0 Å². The molecule has 30 heavy (non-hydrogen) atoms. The summed E-state index contributed by atoms with van der Waals surface area (Å²) in [5.41, 5.74) is 0.843. The van der Waals surface area contributed by atoms with Crippen LogP contribution in [0.5, 0.6) is 0 Å². The van der Waals surface area contributed by atoms with Gasteiger partial charge in [0.25, 0.3) is 5.91 Å². The van der Waals surface area contributed by atoms with E-state index in [2.05, 4.69) is 10.1 Å². The third kappa shape index (κ3) is 6.58. The third-order valence-corrected chi connectivity index (χ3v) is 4.33. The highest BCUT2D eigenvalue weighted by Gasteiger charge is 2.26. The van der Waals surface area contributed by atoms with Gasteiger partial charge in [0.15, 0.2) is 6.61 Å². The molecule has 0 saturated carbocycles. The predicted molar refractivity (Wildman–Crippen MR) is 111 cm³/mol. The molecule has 2 rings (SSSR count). The van der Waals surface area contributed by atoms with Crippen LogP contribution in [-0.4, -0.2) is 43.1 Å². The fourth-order valence-electron chi connectivity index (χ4n) is 2.89. The van der Waals surface area contributed by atoms with Gasteiger partial charge in [0.1, 0.15) is 6.04 Å². The van der Waals surface area contributed by atoms with Crippen LogP contribution in [0.4, 0.5) is 4.79 Å². The number of benzene rings is 2. The monoisotopic (exact) mass is 414 g/mol. The summed E-state index contributed by atoms with van der Waals surface area (Å²) in [4.78, 5) is 47.8. The number of rotatable bonds is 8. The number of esters is 1. The van der Waals surface area contributed by atoms with E-state index in [1.165, 1.54) is 0 Å². The number of carbonyl (C=O) groups is 4. The Morgan fingerprint density at radius 3 is 2.33 bits per heavy atom. The van der Waals surface area contributed by atoms with Crippen molar-refractivity contribution < 1.29 is 28.7 Å². The quantitative estimate of drug-likeness (QED) is 0.642. The zero-order valence-electron chi connectivity index (χ0n) is 17.3. The van der Waals surface area contributed by atoms with Crippen LogP contribution in [0, 0.1) is 5.92 Å². The smallest absolute Gasteiger partial charge is 0.413 e. The first-order chi connectivity index (χ1) is 14.3. The van der Waals surface area contributed by atoms with Crippen LogP contribution in [0.3, 0.4) is 0 Å². The van der Waals surface area contributed by atoms with Gasteiger partial charge in [-0.3, -0.25) is 14.9 Å². The zero-order valence-corrected chi connectivity index (χ0v) is 17.3. The lowest BCUT2D eigenvalue weighted by molar-refractivity contribution is -0.152. The molecule has 0 aliphatic heterocycles. The van der Waals surface area contributed by atoms with Crippen LogP contribution in [0.25, 0.3) is 10.8 Å². The third-order valence-electron chi connectivity index (χ3n) is 4.33. The Hall–Kier alpha value is -3.42. The first-order valence-electron chi connectivity index (χ1n) is 9.71. The Balaban J connectivity index is 1.95. The maximum Gasteiger partial charge on any atom is 0.413 e. The number of fused-ring (bicyclic) bond motifs is 1. The molecule has 0 aliphatic rings. The van der Waals surface area contributed by atoms with E-state index in [0.717, 1.165) is 16.3 Å². The Morgan fingerprint density at radius 2 is 1.63 bits per heavy atom. The molecule has 0 unspecified atom stereocenters. The number of ether oxygens (including phenoxy) is 2. The van der Waals surface area contributed by atoms with Crippen molar-refractivity contribution in [2.45, 2.75) is 33.2 Å². The van der Waals surface area contributed by atoms with Gasteiger partial charge in [-0.1, -0.05) is 56.3 Å². The van der Waals surface area contributed by atoms with Crippen molar-refractivity contribution in [3.63, 3.8) is 0 Å². The lowest BCUT2D eigenvalue weighted by atomic mass is 10.0. The molecule has 3 amide bonds. The van der Waals surface area contributed by atoms with Crippen LogP contribution >= 0.6 is 0 Å². The molecule has 0 saturated heterocycles. The number of hydrogen-bond donors (Lipinski definition) is 2. The molecule has 0 spiro atoms. The molecule has 0 heterocycles. The minimum atomic E-state index is -0.928. The van der Waals surface area contributed by atoms with E-state index in [1.807, 2.05) is 47.8 Å². The standard InChI is InChI=1S/C22H26N2O6/c1-4-29-22(28)24-19(26)13-30-21(27)20(14(2)3)23-18(25)12-16-10-7-9-15-8-5-6-11-17(15)16/h5-11,14,20H,4,12-13H2,1-3H3,(H,23,25)(H,24,26,28)/t20-/m0/s1. The maximum absolute atomic E-state index is 12.6. The Bertz CT molecular complexity index is 919. The normalized spacial score (nSPS) is 11.6. The summed E-state index contributed by atoms with van der Waals surface area (Å²) in [7, 11) is 0. The number of amides is 3. The maximum atomic E-state index is 12.6. The number of hydrogen-bond acceptors (Lipinski definition) is 6. The van der Waals surface area contributed by atoms with Gasteiger partial charge in [-0.25, -0.2) is 9.59 Å². The van der Waals surface area contributed by atoms with Gasteiger partial charge in [0, 0.05) is 0 Å². The average Bonchev–Trinajstić information content (AvgIpc) is 2.70. The molecule has 0 bridgehead atoms. The second-order valence-electron chi connectivity index (χ2n) is 6.98. The summed E-state index contributed by atoms with van der Waals surface area (Å²) in [5.74, 6) is -2.17. The van der Waals surface area contributed by atoms with E-state index < -0.39 is 30.6 Å². The molecule has 2 N–H and O–H groups in total. The van der Waals surface area contributed by atoms with Crippen molar-refractivity contribution in [2.75, 3.05) is 13.2 Å². The van der Waals surface area contributed by atoms with E-state index in [9.17, 15) is 19.2 Å². The number of nitrogens with one attached hydrogen (secondary N) is 2. The predicted octanol–water partition coefficient (Wildman–Crippen LogP) is 2.34. The van der Waals surface area contributed by atoms with E-state index >= 15 is 0 Å². The number of imide groups is 1. The van der Waals surface area contributed by atoms with E-state index in [4.69, 9.17) is 4.74 Å². The fraction of sp³-hybridized carbons (Fsp3) is 0.364. The zero-order chi connectivity index (χ0) is 22.1. The molecule has 1 atom stereocenters. The van der Waals surface area contributed by atoms with Crippen LogP contribution in [0.15, 0.2) is 42.5 Å². The van der Waals surface area contributed by atoms with Crippen LogP contribution in [-0.2, 0) is 30.3 Å². The summed E-state index contributed by atoms with van der Waals surface area (Å²) >= 11 is 0. The van der Waals surface area contributed by atoms with Crippen LogP contribution in [0.1, 0.15) is 26.3 Å². The molecule has 0 fully saturated rings. The van der Waals surface area contributed by atoms with Crippen molar-refractivity contribution in [1.29, 1.82) is 0 Å². The topological polar surface area (TPSA) is 111 Å². The highest BCUT2D eigenvalue weighted by atomic mass is 16.6. The van der Waals surface area contributed by atoms with Crippen molar-refractivity contribution >= 4 is 34.6 Å². The Labute approximate surface area is 174 Å². The van der Waals surface area contributed by atoms with Crippen molar-refractivity contribution in [1.82, 2.24) is 10.6 Å². The van der Waals surface area contributed by atoms with Gasteiger partial charge in [-0.2, -0.15) is 0 Å². The molecule has 2 aromatic carbocycles. The molecular formula is C22H26N2O6. The van der Waals surface area contributed by atoms with Gasteiger partial charge in [0.2, 0.25) is 5.91 Å². The van der Waals surface area contributed by atoms with Crippen LogP contribution in [0.2, 0.25) is 0 Å². The molecule has 8 nitrogen and oxygen atoms in total. The highest BCUT2D eigenvalue weighted by Crippen LogP contribution is 2.19. The molecule has 0 radical (unpaired) electrons. The van der Waals surface area contributed by atoms with Crippen LogP contribution < -0.4 is 10.6 Å². The van der Waals surface area contributed by atoms with Crippen molar-refractivity contribution in [3.05, 3.63) is 48.0 Å². The SMILES string of the molecule is CCOC(=O)NC(=O)COC(=O)[C@@H](NC(=O)Cc1cccc2ccccc12)C(C)C. The van der Waals surface area contributed by atoms with Crippen molar-refractivity contribution in [2.24, 2.45) is 5.92 Å². The fourth-order valence-corrected chi connectivity index (χ4v) is 2.89. The summed E-state index contributed by atoms with van der Waals surface area (Å²) in [6.45, 7) is 4.56. The lowest BCUT2D eigenvalue weighted by Crippen LogP contribution is -2.46. The van der Waals surface area contributed by atoms with Crippen molar-refractivity contribution in [3.8, 4) is 0 Å². The molecule has 160 valence electrons. The second kappa shape index (κ2) is 10.9. The Morgan fingerprint density at radius 1 is 0.933 bits per heavy atom. The minimum absolute atomic E-state index is 0.0984. The first-order valence-corrected chi connectivity index (χ1v) is 9.71. The highest BCUT2D eigenvalue weighted by molar-refractivity contribution is 5.94. The number of carbonyl (C=O) groups excluding carboxylic acids is 4. The van der Waals surface area contributed by atoms with Gasteiger partial charge in [-0.15, -0.1) is 0 Å². The minimum Gasteiger partial charge on any atom is -0.454 e. The average molecular weight is 414 g/mol. The molecule has 8 heteroatoms. The van der Waals surface area contributed by atoms with Gasteiger partial charge >= 0.3 is 12.1 Å². The van der Waals surface area contributed by atoms with E-state index in [1.54, 1.807) is 20.8 Å². The molecule has 0 aromatic heterocycles. The molecular weight excluding hydrogens is 388 g/mol. The van der Waals surface area contributed by atoms with Gasteiger partial charge < -0.3 is 14.8 Å². The summed E-state index contributed by atoms with van der Waals surface area (Å²) in [6, 6.07) is 12.5. The molecule has 0 aliphatic carbocycles. The lowest BCUT2D eigenvalue weighted by Gasteiger charge is -2.21. The first kappa shape index (κ1) is 22.9. The van der Waals surface area contributed by atoms with E-state index in [0.29, 0.717) is 0 Å². The summed E-state index contributed by atoms with van der Waals surface area (Å²) in [5, 5.41) is 6.60. The summed E-state index contributed by atoms with van der Waals surface area (Å²) < 4.78 is 9.53. The molecule has 2 aromatic rings. The second-order valence-corrected chi connectivity index (χ2v) is 6.98.